The first-order valence-electron chi connectivity index (χ1n) is 8.04. The average molecular weight is 344 g/mol. The van der Waals surface area contributed by atoms with E-state index in [1.54, 1.807) is 16.7 Å². The monoisotopic (exact) mass is 344 g/mol. The van der Waals surface area contributed by atoms with Crippen molar-refractivity contribution < 1.29 is 14.3 Å². The highest BCUT2D eigenvalue weighted by atomic mass is 32.1. The number of benzene rings is 1. The van der Waals surface area contributed by atoms with Gasteiger partial charge in [0.15, 0.2) is 0 Å². The van der Waals surface area contributed by atoms with Gasteiger partial charge < -0.3 is 14.5 Å². The molecule has 1 aliphatic heterocycles. The molecule has 0 spiro atoms. The van der Waals surface area contributed by atoms with Crippen LogP contribution in [0.1, 0.15) is 16.6 Å². The van der Waals surface area contributed by atoms with Gasteiger partial charge in [0, 0.05) is 26.2 Å². The van der Waals surface area contributed by atoms with Crippen LogP contribution in [0.4, 0.5) is 4.79 Å². The van der Waals surface area contributed by atoms with E-state index in [1.165, 1.54) is 11.3 Å². The molecule has 0 N–H and O–H groups in total. The van der Waals surface area contributed by atoms with E-state index in [2.05, 4.69) is 0 Å². The number of amides is 2. The molecule has 2 amide bonds. The fourth-order valence-electron chi connectivity index (χ4n) is 2.69. The third-order valence-electron chi connectivity index (χ3n) is 4.01. The molecule has 2 heterocycles. The molecule has 0 bridgehead atoms. The standard InChI is InChI=1S/C18H20N2O3S/c1-2-23-18(22)20-10-8-19(9-11-20)17(21)16-12-15(13-24-16)14-6-4-3-5-7-14/h3-7,12-13H,2,8-11H2,1H3. The zero-order valence-electron chi connectivity index (χ0n) is 13.6. The number of thiophene rings is 1. The summed E-state index contributed by atoms with van der Waals surface area (Å²) in [6.45, 7) is 4.27. The van der Waals surface area contributed by atoms with Crippen molar-refractivity contribution in [1.82, 2.24) is 9.80 Å². The Labute approximate surface area is 145 Å². The summed E-state index contributed by atoms with van der Waals surface area (Å²) in [4.78, 5) is 28.5. The van der Waals surface area contributed by atoms with Gasteiger partial charge in [-0.05, 0) is 29.5 Å². The molecule has 1 fully saturated rings. The van der Waals surface area contributed by atoms with Crippen LogP contribution in [0.2, 0.25) is 0 Å². The lowest BCUT2D eigenvalue weighted by molar-refractivity contribution is 0.0574. The van der Waals surface area contributed by atoms with Crippen LogP contribution in [0.15, 0.2) is 41.8 Å². The van der Waals surface area contributed by atoms with Crippen molar-refractivity contribution in [3.8, 4) is 11.1 Å². The van der Waals surface area contributed by atoms with E-state index in [0.29, 0.717) is 32.8 Å². The molecule has 1 aliphatic rings. The van der Waals surface area contributed by atoms with Gasteiger partial charge in [-0.25, -0.2) is 4.79 Å². The predicted octanol–water partition coefficient (Wildman–Crippen LogP) is 3.33. The smallest absolute Gasteiger partial charge is 0.409 e. The SMILES string of the molecule is CCOC(=O)N1CCN(C(=O)c2cc(-c3ccccc3)cs2)CC1. The number of piperazine rings is 1. The van der Waals surface area contributed by atoms with E-state index in [-0.39, 0.29) is 12.0 Å². The van der Waals surface area contributed by atoms with Gasteiger partial charge in [-0.1, -0.05) is 30.3 Å². The summed E-state index contributed by atoms with van der Waals surface area (Å²) in [5.41, 5.74) is 2.18. The van der Waals surface area contributed by atoms with Crippen LogP contribution < -0.4 is 0 Å². The van der Waals surface area contributed by atoms with Gasteiger partial charge in [-0.15, -0.1) is 11.3 Å². The normalized spacial score (nSPS) is 14.5. The van der Waals surface area contributed by atoms with E-state index >= 15 is 0 Å². The highest BCUT2D eigenvalue weighted by Crippen LogP contribution is 2.26. The first-order chi connectivity index (χ1) is 11.7. The van der Waals surface area contributed by atoms with Gasteiger partial charge in [0.05, 0.1) is 11.5 Å². The van der Waals surface area contributed by atoms with Crippen molar-refractivity contribution in [3.05, 3.63) is 46.7 Å². The molecule has 2 aromatic rings. The Bertz CT molecular complexity index is 706. The Morgan fingerprint density at radius 3 is 2.38 bits per heavy atom. The zero-order valence-corrected chi connectivity index (χ0v) is 14.4. The van der Waals surface area contributed by atoms with Crippen LogP contribution in [-0.4, -0.2) is 54.6 Å². The summed E-state index contributed by atoms with van der Waals surface area (Å²) in [7, 11) is 0. The molecule has 0 saturated carbocycles. The molecule has 126 valence electrons. The van der Waals surface area contributed by atoms with E-state index < -0.39 is 0 Å². The van der Waals surface area contributed by atoms with Gasteiger partial charge >= 0.3 is 6.09 Å². The van der Waals surface area contributed by atoms with Crippen molar-refractivity contribution in [3.63, 3.8) is 0 Å². The van der Waals surface area contributed by atoms with Crippen molar-refractivity contribution in [2.24, 2.45) is 0 Å². The second-order valence-corrected chi connectivity index (χ2v) is 6.46. The van der Waals surface area contributed by atoms with Crippen LogP contribution in [0.25, 0.3) is 11.1 Å². The van der Waals surface area contributed by atoms with Crippen molar-refractivity contribution in [2.75, 3.05) is 32.8 Å². The fraction of sp³-hybridized carbons (Fsp3) is 0.333. The molecule has 1 aromatic carbocycles. The van der Waals surface area contributed by atoms with Crippen LogP contribution in [0.5, 0.6) is 0 Å². The van der Waals surface area contributed by atoms with Crippen molar-refractivity contribution >= 4 is 23.3 Å². The lowest BCUT2D eigenvalue weighted by Crippen LogP contribution is -2.50. The molecule has 3 rings (SSSR count). The Hall–Kier alpha value is -2.34. The number of carbonyl (C=O) groups excluding carboxylic acids is 2. The van der Waals surface area contributed by atoms with Gasteiger partial charge in [0.2, 0.25) is 0 Å². The molecule has 24 heavy (non-hydrogen) atoms. The highest BCUT2D eigenvalue weighted by molar-refractivity contribution is 7.12. The molecule has 5 nitrogen and oxygen atoms in total. The van der Waals surface area contributed by atoms with E-state index in [0.717, 1.165) is 16.0 Å². The second-order valence-electron chi connectivity index (χ2n) is 5.54. The minimum Gasteiger partial charge on any atom is -0.450 e. The Kier molecular flexibility index (Phi) is 5.15. The first-order valence-corrected chi connectivity index (χ1v) is 8.92. The Morgan fingerprint density at radius 1 is 1.04 bits per heavy atom. The summed E-state index contributed by atoms with van der Waals surface area (Å²) in [5, 5.41) is 2.01. The maximum Gasteiger partial charge on any atom is 0.409 e. The number of hydrogen-bond acceptors (Lipinski definition) is 4. The maximum absolute atomic E-state index is 12.6. The average Bonchev–Trinajstić information content (AvgIpc) is 3.12. The number of ether oxygens (including phenoxy) is 1. The summed E-state index contributed by atoms with van der Waals surface area (Å²) in [6.07, 6.45) is -0.299. The molecule has 6 heteroatoms. The molecule has 1 aromatic heterocycles. The van der Waals surface area contributed by atoms with Crippen LogP contribution in [0, 0.1) is 0 Å². The third-order valence-corrected chi connectivity index (χ3v) is 4.93. The Balaban J connectivity index is 1.62. The number of carbonyl (C=O) groups is 2. The number of hydrogen-bond donors (Lipinski definition) is 0. The summed E-state index contributed by atoms with van der Waals surface area (Å²) in [6, 6.07) is 12.0. The molecular formula is C18H20N2O3S. The maximum atomic E-state index is 12.6. The lowest BCUT2D eigenvalue weighted by Gasteiger charge is -2.33. The van der Waals surface area contributed by atoms with Crippen LogP contribution in [0.3, 0.4) is 0 Å². The van der Waals surface area contributed by atoms with E-state index in [4.69, 9.17) is 4.74 Å². The lowest BCUT2D eigenvalue weighted by atomic mass is 10.1. The topological polar surface area (TPSA) is 49.9 Å². The Morgan fingerprint density at radius 2 is 1.71 bits per heavy atom. The van der Waals surface area contributed by atoms with Gasteiger partial charge in [0.1, 0.15) is 0 Å². The fourth-order valence-corrected chi connectivity index (χ4v) is 3.58. The van der Waals surface area contributed by atoms with E-state index in [9.17, 15) is 9.59 Å². The summed E-state index contributed by atoms with van der Waals surface area (Å²) >= 11 is 1.46. The molecule has 0 unspecified atom stereocenters. The zero-order chi connectivity index (χ0) is 16.9. The van der Waals surface area contributed by atoms with E-state index in [1.807, 2.05) is 41.8 Å². The second kappa shape index (κ2) is 7.49. The molecular weight excluding hydrogens is 324 g/mol. The summed E-state index contributed by atoms with van der Waals surface area (Å²) < 4.78 is 5.00. The van der Waals surface area contributed by atoms with Gasteiger partial charge in [-0.2, -0.15) is 0 Å². The first kappa shape index (κ1) is 16.5. The number of nitrogens with zero attached hydrogens (tertiary/aromatic N) is 2. The van der Waals surface area contributed by atoms with Gasteiger partial charge in [-0.3, -0.25) is 4.79 Å². The molecule has 0 radical (unpaired) electrons. The van der Waals surface area contributed by atoms with Crippen molar-refractivity contribution in [2.45, 2.75) is 6.92 Å². The number of rotatable bonds is 3. The van der Waals surface area contributed by atoms with Crippen molar-refractivity contribution in [1.29, 1.82) is 0 Å². The molecule has 0 atom stereocenters. The minimum atomic E-state index is -0.299. The quantitative estimate of drug-likeness (QED) is 0.858. The predicted molar refractivity (Wildman–Crippen MR) is 94.3 cm³/mol. The largest absolute Gasteiger partial charge is 0.450 e. The molecule has 0 aliphatic carbocycles. The van der Waals surface area contributed by atoms with Gasteiger partial charge in [0.25, 0.3) is 5.91 Å². The third kappa shape index (κ3) is 3.59. The summed E-state index contributed by atoms with van der Waals surface area (Å²) in [5.74, 6) is 0.0330. The minimum absolute atomic E-state index is 0.0330. The highest BCUT2D eigenvalue weighted by Gasteiger charge is 2.26. The van der Waals surface area contributed by atoms with Crippen LogP contribution in [-0.2, 0) is 4.74 Å². The van der Waals surface area contributed by atoms with Crippen LogP contribution >= 0.6 is 11.3 Å². The molecule has 1 saturated heterocycles.